The van der Waals surface area contributed by atoms with Gasteiger partial charge < -0.3 is 10.0 Å². The lowest BCUT2D eigenvalue weighted by molar-refractivity contribution is -0.152. The van der Waals surface area contributed by atoms with E-state index >= 15 is 0 Å². The van der Waals surface area contributed by atoms with E-state index in [9.17, 15) is 14.7 Å². The van der Waals surface area contributed by atoms with Gasteiger partial charge in [-0.1, -0.05) is 12.2 Å². The quantitative estimate of drug-likeness (QED) is 0.745. The number of amides is 1. The normalized spacial score (nSPS) is 32.0. The Morgan fingerprint density at radius 2 is 1.63 bits per heavy atom. The Morgan fingerprint density at radius 3 is 2.11 bits per heavy atom. The number of hydrogen-bond donors (Lipinski definition) is 1. The molecule has 0 aromatic heterocycles. The predicted octanol–water partition coefficient (Wildman–Crippen LogP) is 1.93. The molecule has 4 unspecified atom stereocenters. The molecule has 1 N–H and O–H groups in total. The molecule has 19 heavy (non-hydrogen) atoms. The molecule has 0 heterocycles. The summed E-state index contributed by atoms with van der Waals surface area (Å²) in [5, 5.41) is 9.39. The number of hydrogen-bond acceptors (Lipinski definition) is 2. The zero-order valence-electron chi connectivity index (χ0n) is 11.1. The number of carbonyl (C=O) groups is 2. The molecule has 2 rings (SSSR count). The van der Waals surface area contributed by atoms with Gasteiger partial charge in [-0.05, 0) is 31.1 Å². The Kier molecular flexibility index (Phi) is 4.08. The fraction of sp³-hybridized carbons (Fsp3) is 0.600. The lowest BCUT2D eigenvalue weighted by Crippen LogP contribution is -2.43. The summed E-state index contributed by atoms with van der Waals surface area (Å²) in [6.45, 7) is 8.20. The molecule has 2 aliphatic rings. The third kappa shape index (κ3) is 2.44. The van der Waals surface area contributed by atoms with Crippen LogP contribution in [-0.2, 0) is 9.59 Å². The second kappa shape index (κ2) is 5.59. The Balaban J connectivity index is 2.18. The monoisotopic (exact) mass is 263 g/mol. The van der Waals surface area contributed by atoms with Crippen LogP contribution in [0.25, 0.3) is 0 Å². The van der Waals surface area contributed by atoms with Gasteiger partial charge in [0.15, 0.2) is 0 Å². The van der Waals surface area contributed by atoms with Crippen LogP contribution in [0.1, 0.15) is 19.3 Å². The van der Waals surface area contributed by atoms with Crippen molar-refractivity contribution in [3.05, 3.63) is 25.3 Å². The summed E-state index contributed by atoms with van der Waals surface area (Å²) in [4.78, 5) is 25.7. The Labute approximate surface area is 113 Å². The van der Waals surface area contributed by atoms with Gasteiger partial charge in [0.2, 0.25) is 5.91 Å². The van der Waals surface area contributed by atoms with E-state index in [1.165, 1.54) is 0 Å². The second-order valence-electron chi connectivity index (χ2n) is 5.54. The number of nitrogens with zero attached hydrogens (tertiary/aromatic N) is 1. The minimum Gasteiger partial charge on any atom is -0.481 e. The third-order valence-corrected chi connectivity index (χ3v) is 4.50. The molecule has 4 nitrogen and oxygen atoms in total. The summed E-state index contributed by atoms with van der Waals surface area (Å²) < 4.78 is 0. The summed E-state index contributed by atoms with van der Waals surface area (Å²) in [6.07, 6.45) is 6.17. The van der Waals surface area contributed by atoms with Crippen LogP contribution in [0.4, 0.5) is 0 Å². The summed E-state index contributed by atoms with van der Waals surface area (Å²) in [6, 6.07) is 0. The van der Waals surface area contributed by atoms with Crippen molar-refractivity contribution >= 4 is 11.9 Å². The first kappa shape index (κ1) is 13.8. The van der Waals surface area contributed by atoms with Gasteiger partial charge in [0, 0.05) is 13.1 Å². The average molecular weight is 263 g/mol. The maximum atomic E-state index is 12.6. The van der Waals surface area contributed by atoms with E-state index in [4.69, 9.17) is 0 Å². The SMILES string of the molecule is C=CCN(CC=C)C(=O)C1C2CCC(C2)C1C(=O)O. The minimum absolute atomic E-state index is 0.0422. The molecule has 0 aromatic carbocycles. The summed E-state index contributed by atoms with van der Waals surface area (Å²) >= 11 is 0. The number of carbonyl (C=O) groups excluding carboxylic acids is 1. The smallest absolute Gasteiger partial charge is 0.307 e. The van der Waals surface area contributed by atoms with Crippen LogP contribution in [0.5, 0.6) is 0 Å². The number of carboxylic acid groups (broad SMARTS) is 1. The van der Waals surface area contributed by atoms with Crippen molar-refractivity contribution in [2.24, 2.45) is 23.7 Å². The third-order valence-electron chi connectivity index (χ3n) is 4.50. The van der Waals surface area contributed by atoms with Crippen molar-refractivity contribution in [1.82, 2.24) is 4.90 Å². The van der Waals surface area contributed by atoms with E-state index in [0.717, 1.165) is 19.3 Å². The van der Waals surface area contributed by atoms with Crippen molar-refractivity contribution in [3.63, 3.8) is 0 Å². The Hall–Kier alpha value is -1.58. The van der Waals surface area contributed by atoms with Gasteiger partial charge in [-0.25, -0.2) is 0 Å². The first-order chi connectivity index (χ1) is 9.10. The van der Waals surface area contributed by atoms with E-state index in [1.807, 2.05) is 0 Å². The molecule has 2 saturated carbocycles. The number of carboxylic acids is 1. The molecular formula is C15H21NO3. The predicted molar refractivity (Wildman–Crippen MR) is 72.4 cm³/mol. The second-order valence-corrected chi connectivity index (χ2v) is 5.54. The fourth-order valence-electron chi connectivity index (χ4n) is 3.78. The van der Waals surface area contributed by atoms with Crippen LogP contribution in [0, 0.1) is 23.7 Å². The molecular weight excluding hydrogens is 242 g/mol. The van der Waals surface area contributed by atoms with Crippen molar-refractivity contribution < 1.29 is 14.7 Å². The van der Waals surface area contributed by atoms with Gasteiger partial charge in [-0.3, -0.25) is 9.59 Å². The lowest BCUT2D eigenvalue weighted by atomic mass is 9.78. The van der Waals surface area contributed by atoms with Crippen LogP contribution in [0.15, 0.2) is 25.3 Å². The Morgan fingerprint density at radius 1 is 1.11 bits per heavy atom. The van der Waals surface area contributed by atoms with Gasteiger partial charge >= 0.3 is 5.97 Å². The van der Waals surface area contributed by atoms with Gasteiger partial charge in [0.1, 0.15) is 0 Å². The molecule has 4 atom stereocenters. The number of aliphatic carboxylic acids is 1. The molecule has 0 spiro atoms. The maximum absolute atomic E-state index is 12.6. The van der Waals surface area contributed by atoms with E-state index in [2.05, 4.69) is 13.2 Å². The lowest BCUT2D eigenvalue weighted by Gasteiger charge is -2.31. The van der Waals surface area contributed by atoms with Gasteiger partial charge in [0.05, 0.1) is 11.8 Å². The standard InChI is InChI=1S/C15H21NO3/c1-3-7-16(8-4-2)14(17)12-10-5-6-11(9-10)13(12)15(18)19/h3-4,10-13H,1-2,5-9H2,(H,18,19). The number of rotatable bonds is 6. The molecule has 2 aliphatic carbocycles. The van der Waals surface area contributed by atoms with Crippen molar-refractivity contribution in [3.8, 4) is 0 Å². The highest BCUT2D eigenvalue weighted by molar-refractivity contribution is 5.86. The first-order valence-corrected chi connectivity index (χ1v) is 6.83. The largest absolute Gasteiger partial charge is 0.481 e. The first-order valence-electron chi connectivity index (χ1n) is 6.83. The van der Waals surface area contributed by atoms with Crippen molar-refractivity contribution in [1.29, 1.82) is 0 Å². The van der Waals surface area contributed by atoms with E-state index in [0.29, 0.717) is 13.1 Å². The number of fused-ring (bicyclic) bond motifs is 2. The minimum atomic E-state index is -0.817. The van der Waals surface area contributed by atoms with Crippen LogP contribution in [-0.4, -0.2) is 35.0 Å². The zero-order chi connectivity index (χ0) is 14.0. The van der Waals surface area contributed by atoms with Crippen LogP contribution in [0.3, 0.4) is 0 Å². The van der Waals surface area contributed by atoms with Crippen LogP contribution in [0.2, 0.25) is 0 Å². The molecule has 0 radical (unpaired) electrons. The summed E-state index contributed by atoms with van der Waals surface area (Å²) in [5.74, 6) is -1.27. The van der Waals surface area contributed by atoms with Gasteiger partial charge in [-0.2, -0.15) is 0 Å². The summed E-state index contributed by atoms with van der Waals surface area (Å²) in [7, 11) is 0. The molecule has 2 fully saturated rings. The van der Waals surface area contributed by atoms with Crippen molar-refractivity contribution in [2.45, 2.75) is 19.3 Å². The van der Waals surface area contributed by atoms with E-state index < -0.39 is 11.9 Å². The topological polar surface area (TPSA) is 57.6 Å². The molecule has 0 saturated heterocycles. The van der Waals surface area contributed by atoms with Crippen LogP contribution >= 0.6 is 0 Å². The van der Waals surface area contributed by atoms with Crippen molar-refractivity contribution in [2.75, 3.05) is 13.1 Å². The van der Waals surface area contributed by atoms with E-state index in [-0.39, 0.29) is 23.7 Å². The highest BCUT2D eigenvalue weighted by Crippen LogP contribution is 2.52. The molecule has 4 heteroatoms. The average Bonchev–Trinajstić information content (AvgIpc) is 2.97. The molecule has 0 aromatic rings. The van der Waals surface area contributed by atoms with Gasteiger partial charge in [0.25, 0.3) is 0 Å². The van der Waals surface area contributed by atoms with Gasteiger partial charge in [-0.15, -0.1) is 13.2 Å². The highest BCUT2D eigenvalue weighted by atomic mass is 16.4. The Bertz CT molecular complexity index is 394. The highest BCUT2D eigenvalue weighted by Gasteiger charge is 2.54. The molecule has 1 amide bonds. The molecule has 104 valence electrons. The summed E-state index contributed by atoms with van der Waals surface area (Å²) in [5.41, 5.74) is 0. The fourth-order valence-corrected chi connectivity index (χ4v) is 3.78. The molecule has 0 aliphatic heterocycles. The zero-order valence-corrected chi connectivity index (χ0v) is 11.1. The molecule has 2 bridgehead atoms. The van der Waals surface area contributed by atoms with Crippen LogP contribution < -0.4 is 0 Å². The van der Waals surface area contributed by atoms with E-state index in [1.54, 1.807) is 17.1 Å². The maximum Gasteiger partial charge on any atom is 0.307 e.